The quantitative estimate of drug-likeness (QED) is 0.712. The molecule has 0 heterocycles. The summed E-state index contributed by atoms with van der Waals surface area (Å²) >= 11 is 0. The molecule has 21 heavy (non-hydrogen) atoms. The van der Waals surface area contributed by atoms with E-state index >= 15 is 0 Å². The van der Waals surface area contributed by atoms with Crippen LogP contribution in [0.5, 0.6) is 5.75 Å². The molecule has 118 valence electrons. The van der Waals surface area contributed by atoms with Crippen LogP contribution in [0.4, 0.5) is 5.69 Å². The van der Waals surface area contributed by atoms with Gasteiger partial charge in [-0.3, -0.25) is 4.79 Å². The van der Waals surface area contributed by atoms with Gasteiger partial charge < -0.3 is 19.5 Å². The number of benzene rings is 1. The van der Waals surface area contributed by atoms with Crippen molar-refractivity contribution in [3.63, 3.8) is 0 Å². The van der Waals surface area contributed by atoms with E-state index in [-0.39, 0.29) is 5.91 Å². The predicted octanol–water partition coefficient (Wildman–Crippen LogP) is 2.86. The minimum atomic E-state index is -0.803. The molecule has 0 bridgehead atoms. The number of methoxy groups -OCH3 is 1. The molecule has 0 aliphatic heterocycles. The highest BCUT2D eigenvalue weighted by Crippen LogP contribution is 2.20. The zero-order chi connectivity index (χ0) is 15.7. The average Bonchev–Trinajstić information content (AvgIpc) is 2.49. The van der Waals surface area contributed by atoms with Gasteiger partial charge in [-0.25, -0.2) is 0 Å². The van der Waals surface area contributed by atoms with Crippen molar-refractivity contribution >= 4 is 11.6 Å². The van der Waals surface area contributed by atoms with E-state index in [4.69, 9.17) is 14.2 Å². The Morgan fingerprint density at radius 1 is 1.19 bits per heavy atom. The number of nitrogens with one attached hydrogen (secondary N) is 1. The van der Waals surface area contributed by atoms with Gasteiger partial charge in [0.1, 0.15) is 18.0 Å². The van der Waals surface area contributed by atoms with Crippen molar-refractivity contribution < 1.29 is 19.0 Å². The Kier molecular flexibility index (Phi) is 7.19. The molecule has 1 N–H and O–H groups in total. The van der Waals surface area contributed by atoms with E-state index in [1.54, 1.807) is 14.0 Å². The SMILES string of the molecule is CCOC(C)(CC)C(=O)Nc1ccc(OCCOC)cc1. The smallest absolute Gasteiger partial charge is 0.256 e. The molecule has 5 heteroatoms. The highest BCUT2D eigenvalue weighted by Gasteiger charge is 2.31. The summed E-state index contributed by atoms with van der Waals surface area (Å²) in [6.07, 6.45) is 0.616. The van der Waals surface area contributed by atoms with E-state index in [1.807, 2.05) is 38.1 Å². The molecule has 1 unspecified atom stereocenters. The van der Waals surface area contributed by atoms with Crippen LogP contribution in [0.2, 0.25) is 0 Å². The zero-order valence-corrected chi connectivity index (χ0v) is 13.3. The molecule has 1 amide bonds. The van der Waals surface area contributed by atoms with Crippen molar-refractivity contribution in [2.45, 2.75) is 32.8 Å². The molecule has 0 spiro atoms. The van der Waals surface area contributed by atoms with Crippen LogP contribution in [0.3, 0.4) is 0 Å². The van der Waals surface area contributed by atoms with Crippen molar-refractivity contribution in [2.24, 2.45) is 0 Å². The fourth-order valence-corrected chi connectivity index (χ4v) is 1.79. The Balaban J connectivity index is 2.60. The third kappa shape index (κ3) is 5.36. The molecule has 0 saturated carbocycles. The van der Waals surface area contributed by atoms with Gasteiger partial charge in [0.05, 0.1) is 6.61 Å². The summed E-state index contributed by atoms with van der Waals surface area (Å²) in [4.78, 5) is 12.3. The van der Waals surface area contributed by atoms with Gasteiger partial charge in [0.15, 0.2) is 0 Å². The Bertz CT molecular complexity index is 432. The van der Waals surface area contributed by atoms with E-state index in [9.17, 15) is 4.79 Å². The van der Waals surface area contributed by atoms with Gasteiger partial charge in [0.25, 0.3) is 5.91 Å². The van der Waals surface area contributed by atoms with Gasteiger partial charge in [-0.15, -0.1) is 0 Å². The fraction of sp³-hybridized carbons (Fsp3) is 0.562. The summed E-state index contributed by atoms with van der Waals surface area (Å²) in [7, 11) is 1.63. The van der Waals surface area contributed by atoms with Crippen molar-refractivity contribution in [1.29, 1.82) is 0 Å². The van der Waals surface area contributed by atoms with Crippen LogP contribution < -0.4 is 10.1 Å². The summed E-state index contributed by atoms with van der Waals surface area (Å²) in [5.41, 5.74) is -0.0824. The molecule has 1 aromatic rings. The first kappa shape index (κ1) is 17.5. The maximum Gasteiger partial charge on any atom is 0.256 e. The summed E-state index contributed by atoms with van der Waals surface area (Å²) in [6.45, 7) is 7.16. The Hall–Kier alpha value is -1.59. The minimum Gasteiger partial charge on any atom is -0.491 e. The number of ether oxygens (including phenoxy) is 3. The second-order valence-electron chi connectivity index (χ2n) is 4.84. The van der Waals surface area contributed by atoms with Gasteiger partial charge >= 0.3 is 0 Å². The van der Waals surface area contributed by atoms with Gasteiger partial charge in [-0.1, -0.05) is 6.92 Å². The lowest BCUT2D eigenvalue weighted by molar-refractivity contribution is -0.139. The van der Waals surface area contributed by atoms with E-state index in [0.29, 0.717) is 26.2 Å². The minimum absolute atomic E-state index is 0.139. The Morgan fingerprint density at radius 3 is 2.38 bits per heavy atom. The van der Waals surface area contributed by atoms with Gasteiger partial charge in [-0.2, -0.15) is 0 Å². The molecule has 0 radical (unpaired) electrons. The average molecular weight is 295 g/mol. The molecule has 1 aromatic carbocycles. The number of rotatable bonds is 9. The first-order valence-corrected chi connectivity index (χ1v) is 7.23. The third-order valence-corrected chi connectivity index (χ3v) is 3.29. The highest BCUT2D eigenvalue weighted by atomic mass is 16.5. The molecule has 1 atom stereocenters. The molecule has 0 saturated heterocycles. The van der Waals surface area contributed by atoms with Gasteiger partial charge in [0, 0.05) is 19.4 Å². The van der Waals surface area contributed by atoms with Gasteiger partial charge in [-0.05, 0) is 44.5 Å². The van der Waals surface area contributed by atoms with Crippen LogP contribution in [0, 0.1) is 0 Å². The summed E-state index contributed by atoms with van der Waals surface area (Å²) in [5.74, 6) is 0.605. The second-order valence-corrected chi connectivity index (χ2v) is 4.84. The maximum absolute atomic E-state index is 12.3. The Labute approximate surface area is 126 Å². The summed E-state index contributed by atoms with van der Waals surface area (Å²) in [6, 6.07) is 7.24. The number of carbonyl (C=O) groups is 1. The number of carbonyl (C=O) groups excluding carboxylic acids is 1. The fourth-order valence-electron chi connectivity index (χ4n) is 1.79. The van der Waals surface area contributed by atoms with Crippen molar-refractivity contribution in [2.75, 3.05) is 32.2 Å². The number of anilines is 1. The normalized spacial score (nSPS) is 13.5. The van der Waals surface area contributed by atoms with Crippen molar-refractivity contribution in [1.82, 2.24) is 0 Å². The lowest BCUT2D eigenvalue weighted by atomic mass is 10.0. The van der Waals surface area contributed by atoms with Crippen LogP contribution in [-0.4, -0.2) is 38.4 Å². The lowest BCUT2D eigenvalue weighted by Gasteiger charge is -2.26. The van der Waals surface area contributed by atoms with Crippen LogP contribution in [0.1, 0.15) is 27.2 Å². The van der Waals surface area contributed by atoms with Crippen molar-refractivity contribution in [3.05, 3.63) is 24.3 Å². The third-order valence-electron chi connectivity index (χ3n) is 3.29. The maximum atomic E-state index is 12.3. The second kappa shape index (κ2) is 8.64. The van der Waals surface area contributed by atoms with Gasteiger partial charge in [0.2, 0.25) is 0 Å². The largest absolute Gasteiger partial charge is 0.491 e. The first-order valence-electron chi connectivity index (χ1n) is 7.23. The standard InChI is InChI=1S/C16H25NO4/c1-5-16(3,21-6-2)15(18)17-13-7-9-14(10-8-13)20-12-11-19-4/h7-10H,5-6,11-12H2,1-4H3,(H,17,18). The summed E-state index contributed by atoms with van der Waals surface area (Å²) in [5, 5.41) is 2.87. The lowest BCUT2D eigenvalue weighted by Crippen LogP contribution is -2.42. The number of hydrogen-bond acceptors (Lipinski definition) is 4. The number of amides is 1. The molecule has 0 fully saturated rings. The molecular formula is C16H25NO4. The number of hydrogen-bond donors (Lipinski definition) is 1. The van der Waals surface area contributed by atoms with E-state index in [1.165, 1.54) is 0 Å². The monoisotopic (exact) mass is 295 g/mol. The predicted molar refractivity (Wildman–Crippen MR) is 82.8 cm³/mol. The molecule has 0 aliphatic carbocycles. The molecule has 5 nitrogen and oxygen atoms in total. The zero-order valence-electron chi connectivity index (χ0n) is 13.3. The highest BCUT2D eigenvalue weighted by molar-refractivity contribution is 5.97. The van der Waals surface area contributed by atoms with Crippen LogP contribution >= 0.6 is 0 Å². The van der Waals surface area contributed by atoms with Crippen molar-refractivity contribution in [3.8, 4) is 5.75 Å². The van der Waals surface area contributed by atoms with E-state index < -0.39 is 5.60 Å². The van der Waals surface area contributed by atoms with E-state index in [0.717, 1.165) is 11.4 Å². The summed E-state index contributed by atoms with van der Waals surface area (Å²) < 4.78 is 15.9. The topological polar surface area (TPSA) is 56.8 Å². The molecule has 1 rings (SSSR count). The molecular weight excluding hydrogens is 270 g/mol. The van der Waals surface area contributed by atoms with Crippen LogP contribution in [0.25, 0.3) is 0 Å². The Morgan fingerprint density at radius 2 is 1.86 bits per heavy atom. The van der Waals surface area contributed by atoms with Crippen LogP contribution in [0.15, 0.2) is 24.3 Å². The first-order chi connectivity index (χ1) is 10.1. The van der Waals surface area contributed by atoms with Crippen LogP contribution in [-0.2, 0) is 14.3 Å². The molecule has 0 aliphatic rings. The molecule has 0 aromatic heterocycles. The van der Waals surface area contributed by atoms with E-state index in [2.05, 4.69) is 5.32 Å².